The Kier molecular flexibility index (Phi) is 4.72. The number of carbonyl (C=O) groups is 2. The molecule has 0 radical (unpaired) electrons. The second kappa shape index (κ2) is 6.70. The monoisotopic (exact) mass is 282 g/mol. The maximum absolute atomic E-state index is 12.4. The Morgan fingerprint density at radius 2 is 1.67 bits per heavy atom. The van der Waals surface area contributed by atoms with E-state index in [2.05, 4.69) is 5.32 Å². The van der Waals surface area contributed by atoms with Crippen LogP contribution in [0.15, 0.2) is 54.6 Å². The highest BCUT2D eigenvalue weighted by atomic mass is 16.4. The topological polar surface area (TPSA) is 69.2 Å². The van der Waals surface area contributed by atoms with Gasteiger partial charge in [-0.05, 0) is 18.1 Å². The Balaban J connectivity index is 2.23. The summed E-state index contributed by atoms with van der Waals surface area (Å²) in [5, 5.41) is 13.7. The Morgan fingerprint density at radius 1 is 1.05 bits per heavy atom. The lowest BCUT2D eigenvalue weighted by Gasteiger charge is -2.17. The number of hydrogen-bond donors (Lipinski definition) is 1. The van der Waals surface area contributed by atoms with E-state index in [9.17, 15) is 14.7 Å². The summed E-state index contributed by atoms with van der Waals surface area (Å²) in [4.78, 5) is 23.4. The molecule has 21 heavy (non-hydrogen) atoms. The maximum atomic E-state index is 12.4. The molecular formula is C17H16NO3-. The molecule has 0 saturated heterocycles. The van der Waals surface area contributed by atoms with Crippen molar-refractivity contribution in [3.05, 3.63) is 65.7 Å². The number of carboxylic acids is 1. The van der Waals surface area contributed by atoms with Gasteiger partial charge in [0.05, 0.1) is 11.9 Å². The summed E-state index contributed by atoms with van der Waals surface area (Å²) in [6, 6.07) is 15.6. The number of carboxylic acid groups (broad SMARTS) is 1. The van der Waals surface area contributed by atoms with Crippen molar-refractivity contribution in [1.82, 2.24) is 0 Å². The number of anilines is 1. The van der Waals surface area contributed by atoms with E-state index in [1.54, 1.807) is 18.2 Å². The van der Waals surface area contributed by atoms with Gasteiger partial charge in [0.1, 0.15) is 0 Å². The highest BCUT2D eigenvalue weighted by Crippen LogP contribution is 2.22. The number of hydrogen-bond acceptors (Lipinski definition) is 3. The lowest BCUT2D eigenvalue weighted by Crippen LogP contribution is -2.26. The van der Waals surface area contributed by atoms with Crippen LogP contribution in [0.4, 0.5) is 5.69 Å². The van der Waals surface area contributed by atoms with E-state index < -0.39 is 5.97 Å². The van der Waals surface area contributed by atoms with Gasteiger partial charge in [-0.3, -0.25) is 4.79 Å². The highest BCUT2D eigenvalue weighted by molar-refractivity contribution is 6.01. The van der Waals surface area contributed by atoms with Crippen LogP contribution in [0.5, 0.6) is 0 Å². The van der Waals surface area contributed by atoms with E-state index in [0.29, 0.717) is 6.42 Å². The molecular weight excluding hydrogens is 266 g/mol. The molecule has 2 aromatic rings. The number of rotatable bonds is 5. The van der Waals surface area contributed by atoms with Crippen LogP contribution >= 0.6 is 0 Å². The molecule has 2 rings (SSSR count). The van der Waals surface area contributed by atoms with Crippen molar-refractivity contribution in [2.24, 2.45) is 0 Å². The van der Waals surface area contributed by atoms with Gasteiger partial charge in [-0.25, -0.2) is 0 Å². The minimum absolute atomic E-state index is 0.0197. The van der Waals surface area contributed by atoms with Crippen LogP contribution in [0.2, 0.25) is 0 Å². The summed E-state index contributed by atoms with van der Waals surface area (Å²) in [7, 11) is 0. The third-order valence-electron chi connectivity index (χ3n) is 3.33. The average molecular weight is 282 g/mol. The van der Waals surface area contributed by atoms with Crippen molar-refractivity contribution in [3.8, 4) is 0 Å². The molecule has 0 aliphatic carbocycles. The number of amides is 1. The van der Waals surface area contributed by atoms with Crippen molar-refractivity contribution in [3.63, 3.8) is 0 Å². The zero-order valence-electron chi connectivity index (χ0n) is 11.7. The minimum atomic E-state index is -1.31. The van der Waals surface area contributed by atoms with Crippen molar-refractivity contribution in [2.75, 3.05) is 5.32 Å². The fraction of sp³-hybridized carbons (Fsp3) is 0.176. The van der Waals surface area contributed by atoms with Crippen molar-refractivity contribution in [1.29, 1.82) is 0 Å². The summed E-state index contributed by atoms with van der Waals surface area (Å²) >= 11 is 0. The number of nitrogens with one attached hydrogen (secondary N) is 1. The smallest absolute Gasteiger partial charge is 0.231 e. The van der Waals surface area contributed by atoms with Gasteiger partial charge in [0.2, 0.25) is 5.91 Å². The Labute approximate surface area is 123 Å². The predicted octanol–water partition coefficient (Wildman–Crippen LogP) is 2.18. The van der Waals surface area contributed by atoms with Crippen LogP contribution in [-0.2, 0) is 4.79 Å². The Hall–Kier alpha value is -2.62. The van der Waals surface area contributed by atoms with Crippen molar-refractivity contribution >= 4 is 17.6 Å². The maximum Gasteiger partial charge on any atom is 0.231 e. The van der Waals surface area contributed by atoms with Crippen LogP contribution < -0.4 is 10.4 Å². The fourth-order valence-corrected chi connectivity index (χ4v) is 2.25. The highest BCUT2D eigenvalue weighted by Gasteiger charge is 2.19. The average Bonchev–Trinajstić information content (AvgIpc) is 2.49. The van der Waals surface area contributed by atoms with Gasteiger partial charge in [-0.1, -0.05) is 55.5 Å². The van der Waals surface area contributed by atoms with E-state index in [-0.39, 0.29) is 23.1 Å². The summed E-state index contributed by atoms with van der Waals surface area (Å²) in [6.07, 6.45) is 0.628. The normalized spacial score (nSPS) is 11.7. The van der Waals surface area contributed by atoms with Crippen molar-refractivity contribution < 1.29 is 14.7 Å². The lowest BCUT2D eigenvalue weighted by molar-refractivity contribution is -0.254. The van der Waals surface area contributed by atoms with E-state index in [1.807, 2.05) is 37.3 Å². The molecule has 0 aliphatic heterocycles. The summed E-state index contributed by atoms with van der Waals surface area (Å²) < 4.78 is 0. The first-order chi connectivity index (χ1) is 10.1. The third-order valence-corrected chi connectivity index (χ3v) is 3.33. The largest absolute Gasteiger partial charge is 0.545 e. The number of benzene rings is 2. The first kappa shape index (κ1) is 14.8. The van der Waals surface area contributed by atoms with Gasteiger partial charge in [0.25, 0.3) is 0 Å². The standard InChI is InChI=1S/C17H17NO3/c1-2-13(12-8-4-3-5-9-12)16(19)18-15-11-7-6-10-14(15)17(20)21/h3-11,13H,2H2,1H3,(H,18,19)(H,20,21)/p-1/t13-/m1/s1. The summed E-state index contributed by atoms with van der Waals surface area (Å²) in [5.74, 6) is -1.85. The molecule has 0 aliphatic rings. The molecule has 4 heteroatoms. The molecule has 2 aromatic carbocycles. The second-order valence-electron chi connectivity index (χ2n) is 4.69. The van der Waals surface area contributed by atoms with Gasteiger partial charge in [-0.15, -0.1) is 0 Å². The quantitative estimate of drug-likeness (QED) is 0.913. The van der Waals surface area contributed by atoms with Crippen molar-refractivity contribution in [2.45, 2.75) is 19.3 Å². The van der Waals surface area contributed by atoms with Crippen LogP contribution in [-0.4, -0.2) is 11.9 Å². The number of para-hydroxylation sites is 1. The Bertz CT molecular complexity index is 637. The molecule has 108 valence electrons. The number of aromatic carboxylic acids is 1. The molecule has 0 bridgehead atoms. The van der Waals surface area contributed by atoms with E-state index in [0.717, 1.165) is 5.56 Å². The van der Waals surface area contributed by atoms with E-state index in [1.165, 1.54) is 6.07 Å². The van der Waals surface area contributed by atoms with Gasteiger partial charge in [0.15, 0.2) is 0 Å². The fourth-order valence-electron chi connectivity index (χ4n) is 2.25. The molecule has 0 unspecified atom stereocenters. The summed E-state index contributed by atoms with van der Waals surface area (Å²) in [5.41, 5.74) is 1.15. The molecule has 0 saturated carbocycles. The molecule has 0 fully saturated rings. The van der Waals surface area contributed by atoms with E-state index >= 15 is 0 Å². The first-order valence-corrected chi connectivity index (χ1v) is 6.79. The second-order valence-corrected chi connectivity index (χ2v) is 4.69. The minimum Gasteiger partial charge on any atom is -0.545 e. The van der Waals surface area contributed by atoms with Gasteiger partial charge >= 0.3 is 0 Å². The summed E-state index contributed by atoms with van der Waals surface area (Å²) in [6.45, 7) is 1.92. The van der Waals surface area contributed by atoms with E-state index in [4.69, 9.17) is 0 Å². The molecule has 4 nitrogen and oxygen atoms in total. The molecule has 0 aromatic heterocycles. The van der Waals surface area contributed by atoms with Gasteiger partial charge in [0, 0.05) is 11.3 Å². The zero-order valence-corrected chi connectivity index (χ0v) is 11.7. The molecule has 0 heterocycles. The molecule has 1 amide bonds. The molecule has 0 spiro atoms. The van der Waals surface area contributed by atoms with Crippen LogP contribution in [0.25, 0.3) is 0 Å². The SMILES string of the molecule is CC[C@@H](C(=O)Nc1ccccc1C(=O)[O-])c1ccccc1. The first-order valence-electron chi connectivity index (χ1n) is 6.79. The molecule has 1 N–H and O–H groups in total. The van der Waals surface area contributed by atoms with Gasteiger partial charge in [-0.2, -0.15) is 0 Å². The lowest BCUT2D eigenvalue weighted by atomic mass is 9.95. The Morgan fingerprint density at radius 3 is 2.29 bits per heavy atom. The molecule has 1 atom stereocenters. The third kappa shape index (κ3) is 3.48. The number of carbonyl (C=O) groups excluding carboxylic acids is 2. The van der Waals surface area contributed by atoms with Gasteiger partial charge < -0.3 is 15.2 Å². The van der Waals surface area contributed by atoms with Crippen LogP contribution in [0, 0.1) is 0 Å². The van der Waals surface area contributed by atoms with Crippen LogP contribution in [0.3, 0.4) is 0 Å². The zero-order chi connectivity index (χ0) is 15.2. The van der Waals surface area contributed by atoms with Crippen LogP contribution in [0.1, 0.15) is 35.2 Å². The predicted molar refractivity (Wildman–Crippen MR) is 78.9 cm³/mol.